The molecule has 110 valence electrons. The van der Waals surface area contributed by atoms with Crippen molar-refractivity contribution in [1.82, 2.24) is 5.32 Å². The second kappa shape index (κ2) is 7.33. The zero-order chi connectivity index (χ0) is 15.1. The third kappa shape index (κ3) is 3.99. The van der Waals surface area contributed by atoms with Crippen LogP contribution in [0.15, 0.2) is 48.5 Å². The summed E-state index contributed by atoms with van der Waals surface area (Å²) in [5.74, 6) is 0.567. The van der Waals surface area contributed by atoms with Gasteiger partial charge < -0.3 is 15.8 Å². The van der Waals surface area contributed by atoms with E-state index in [9.17, 15) is 4.79 Å². The molecule has 0 aromatic heterocycles. The molecule has 0 unspecified atom stereocenters. The lowest BCUT2D eigenvalue weighted by molar-refractivity contribution is 0.0946. The van der Waals surface area contributed by atoms with Crippen LogP contribution in [0.25, 0.3) is 0 Å². The lowest BCUT2D eigenvalue weighted by atomic mass is 10.0. The van der Waals surface area contributed by atoms with E-state index >= 15 is 0 Å². The first-order valence-electron chi connectivity index (χ1n) is 7.05. The van der Waals surface area contributed by atoms with Gasteiger partial charge in [0, 0.05) is 5.56 Å². The second-order valence-electron chi connectivity index (χ2n) is 4.65. The summed E-state index contributed by atoms with van der Waals surface area (Å²) < 4.78 is 5.54. The minimum absolute atomic E-state index is 0.0721. The molecule has 0 bridgehead atoms. The Morgan fingerprint density at radius 2 is 1.86 bits per heavy atom. The lowest BCUT2D eigenvalue weighted by Gasteiger charge is -2.11. The standard InChI is InChI=1S/C17H20N2O2/c1-2-13-7-3-4-8-14(13)17(20)19-11-12-21-16-10-6-5-9-15(16)18/h3-10H,2,11-12,18H2,1H3,(H,19,20). The Labute approximate surface area is 124 Å². The number of amides is 1. The fourth-order valence-corrected chi connectivity index (χ4v) is 2.08. The predicted octanol–water partition coefficient (Wildman–Crippen LogP) is 2.64. The van der Waals surface area contributed by atoms with Gasteiger partial charge in [0.2, 0.25) is 0 Å². The lowest BCUT2D eigenvalue weighted by Crippen LogP contribution is -2.28. The van der Waals surface area contributed by atoms with Gasteiger partial charge in [-0.1, -0.05) is 37.3 Å². The molecule has 4 nitrogen and oxygen atoms in total. The quantitative estimate of drug-likeness (QED) is 0.633. The van der Waals surface area contributed by atoms with E-state index in [1.54, 1.807) is 6.07 Å². The molecule has 0 saturated heterocycles. The maximum absolute atomic E-state index is 12.1. The molecule has 2 aromatic carbocycles. The molecule has 0 aliphatic carbocycles. The molecule has 0 aliphatic heterocycles. The van der Waals surface area contributed by atoms with Gasteiger partial charge in [-0.25, -0.2) is 0 Å². The summed E-state index contributed by atoms with van der Waals surface area (Å²) in [6, 6.07) is 14.9. The number of anilines is 1. The van der Waals surface area contributed by atoms with Gasteiger partial charge in [0.1, 0.15) is 12.4 Å². The molecule has 0 spiro atoms. The monoisotopic (exact) mass is 284 g/mol. The Morgan fingerprint density at radius 3 is 2.62 bits per heavy atom. The van der Waals surface area contributed by atoms with Gasteiger partial charge in [-0.3, -0.25) is 4.79 Å². The summed E-state index contributed by atoms with van der Waals surface area (Å²) in [5.41, 5.74) is 8.14. The van der Waals surface area contributed by atoms with Gasteiger partial charge in [-0.15, -0.1) is 0 Å². The molecule has 0 atom stereocenters. The molecule has 0 fully saturated rings. The number of para-hydroxylation sites is 2. The molecule has 2 rings (SSSR count). The number of ether oxygens (including phenoxy) is 1. The molecule has 3 N–H and O–H groups in total. The van der Waals surface area contributed by atoms with Crippen LogP contribution < -0.4 is 15.8 Å². The molecule has 0 radical (unpaired) electrons. The normalized spacial score (nSPS) is 10.1. The number of hydrogen-bond donors (Lipinski definition) is 2. The zero-order valence-corrected chi connectivity index (χ0v) is 12.1. The number of carbonyl (C=O) groups is 1. The zero-order valence-electron chi connectivity index (χ0n) is 12.1. The molecular formula is C17H20N2O2. The van der Waals surface area contributed by atoms with E-state index in [0.717, 1.165) is 17.5 Å². The third-order valence-corrected chi connectivity index (χ3v) is 3.21. The van der Waals surface area contributed by atoms with Crippen molar-refractivity contribution in [2.24, 2.45) is 0 Å². The summed E-state index contributed by atoms with van der Waals surface area (Å²) in [6.07, 6.45) is 0.834. The van der Waals surface area contributed by atoms with Crippen LogP contribution >= 0.6 is 0 Å². The van der Waals surface area contributed by atoms with Crippen molar-refractivity contribution in [3.05, 3.63) is 59.7 Å². The van der Waals surface area contributed by atoms with E-state index in [-0.39, 0.29) is 5.91 Å². The highest BCUT2D eigenvalue weighted by Crippen LogP contribution is 2.19. The Hall–Kier alpha value is -2.49. The fraction of sp³-hybridized carbons (Fsp3) is 0.235. The topological polar surface area (TPSA) is 64.3 Å². The molecule has 21 heavy (non-hydrogen) atoms. The van der Waals surface area contributed by atoms with E-state index in [1.807, 2.05) is 49.4 Å². The Kier molecular flexibility index (Phi) is 5.21. The predicted molar refractivity (Wildman–Crippen MR) is 84.5 cm³/mol. The highest BCUT2D eigenvalue weighted by molar-refractivity contribution is 5.95. The van der Waals surface area contributed by atoms with E-state index in [2.05, 4.69) is 5.32 Å². The average Bonchev–Trinajstić information content (AvgIpc) is 2.52. The van der Waals surface area contributed by atoms with Crippen LogP contribution in [0.1, 0.15) is 22.8 Å². The van der Waals surface area contributed by atoms with Crippen molar-refractivity contribution >= 4 is 11.6 Å². The molecule has 4 heteroatoms. The second-order valence-corrected chi connectivity index (χ2v) is 4.65. The van der Waals surface area contributed by atoms with Crippen LogP contribution in [0.3, 0.4) is 0 Å². The van der Waals surface area contributed by atoms with Crippen molar-refractivity contribution in [2.75, 3.05) is 18.9 Å². The summed E-state index contributed by atoms with van der Waals surface area (Å²) >= 11 is 0. The van der Waals surface area contributed by atoms with Crippen LogP contribution in [-0.2, 0) is 6.42 Å². The highest BCUT2D eigenvalue weighted by atomic mass is 16.5. The van der Waals surface area contributed by atoms with E-state index in [0.29, 0.717) is 24.6 Å². The van der Waals surface area contributed by atoms with Crippen molar-refractivity contribution in [2.45, 2.75) is 13.3 Å². The van der Waals surface area contributed by atoms with Crippen LogP contribution in [0.5, 0.6) is 5.75 Å². The maximum atomic E-state index is 12.1. The van der Waals surface area contributed by atoms with Crippen LogP contribution in [0.2, 0.25) is 0 Å². The van der Waals surface area contributed by atoms with Crippen LogP contribution in [-0.4, -0.2) is 19.1 Å². The first-order chi connectivity index (χ1) is 10.2. The number of aryl methyl sites for hydroxylation is 1. The number of rotatable bonds is 6. The number of benzene rings is 2. The van der Waals surface area contributed by atoms with Gasteiger partial charge in [0.25, 0.3) is 5.91 Å². The average molecular weight is 284 g/mol. The molecule has 0 heterocycles. The minimum Gasteiger partial charge on any atom is -0.490 e. The Morgan fingerprint density at radius 1 is 1.14 bits per heavy atom. The van der Waals surface area contributed by atoms with Crippen molar-refractivity contribution < 1.29 is 9.53 Å². The minimum atomic E-state index is -0.0721. The number of nitrogen functional groups attached to an aromatic ring is 1. The number of nitrogens with two attached hydrogens (primary N) is 1. The number of carbonyl (C=O) groups excluding carboxylic acids is 1. The van der Waals surface area contributed by atoms with E-state index in [1.165, 1.54) is 0 Å². The van der Waals surface area contributed by atoms with Gasteiger partial charge in [0.15, 0.2) is 0 Å². The molecule has 0 aliphatic rings. The Bertz CT molecular complexity index is 611. The smallest absolute Gasteiger partial charge is 0.251 e. The molecule has 0 saturated carbocycles. The molecule has 1 amide bonds. The molecular weight excluding hydrogens is 264 g/mol. The van der Waals surface area contributed by atoms with Crippen molar-refractivity contribution in [3.63, 3.8) is 0 Å². The van der Waals surface area contributed by atoms with Gasteiger partial charge in [-0.05, 0) is 30.2 Å². The van der Waals surface area contributed by atoms with Crippen LogP contribution in [0, 0.1) is 0 Å². The first-order valence-corrected chi connectivity index (χ1v) is 7.05. The third-order valence-electron chi connectivity index (χ3n) is 3.21. The number of hydrogen-bond acceptors (Lipinski definition) is 3. The highest BCUT2D eigenvalue weighted by Gasteiger charge is 2.08. The first kappa shape index (κ1) is 14.9. The SMILES string of the molecule is CCc1ccccc1C(=O)NCCOc1ccccc1N. The van der Waals surface area contributed by atoms with Crippen molar-refractivity contribution in [1.29, 1.82) is 0 Å². The summed E-state index contributed by atoms with van der Waals surface area (Å²) in [6.45, 7) is 2.85. The summed E-state index contributed by atoms with van der Waals surface area (Å²) in [7, 11) is 0. The molecule has 2 aromatic rings. The van der Waals surface area contributed by atoms with E-state index < -0.39 is 0 Å². The van der Waals surface area contributed by atoms with Gasteiger partial charge >= 0.3 is 0 Å². The number of nitrogens with one attached hydrogen (secondary N) is 1. The maximum Gasteiger partial charge on any atom is 0.251 e. The fourth-order valence-electron chi connectivity index (χ4n) is 2.08. The van der Waals surface area contributed by atoms with Crippen LogP contribution in [0.4, 0.5) is 5.69 Å². The largest absolute Gasteiger partial charge is 0.490 e. The van der Waals surface area contributed by atoms with Gasteiger partial charge in [0.05, 0.1) is 12.2 Å². The van der Waals surface area contributed by atoms with E-state index in [4.69, 9.17) is 10.5 Å². The van der Waals surface area contributed by atoms with Gasteiger partial charge in [-0.2, -0.15) is 0 Å². The van der Waals surface area contributed by atoms with Crippen molar-refractivity contribution in [3.8, 4) is 5.75 Å². The summed E-state index contributed by atoms with van der Waals surface area (Å²) in [4.78, 5) is 12.1. The summed E-state index contributed by atoms with van der Waals surface area (Å²) in [5, 5.41) is 2.86. The Balaban J connectivity index is 1.83.